The first-order valence-corrected chi connectivity index (χ1v) is 12.1. The molecule has 172 valence electrons. The number of carbonyl (C=O) groups is 2. The number of para-hydroxylation sites is 1. The molecule has 5 heteroatoms. The quantitative estimate of drug-likeness (QED) is 0.339. The topological polar surface area (TPSA) is 64.4 Å². The van der Waals surface area contributed by atoms with E-state index in [1.807, 2.05) is 18.2 Å². The Hall–Kier alpha value is -3.13. The molecule has 0 N–H and O–H groups in total. The molecule has 0 radical (unpaired) electrons. The maximum absolute atomic E-state index is 13.3. The van der Waals surface area contributed by atoms with Gasteiger partial charge in [-0.05, 0) is 55.0 Å². The largest absolute Gasteiger partial charge is 0.344 e. The van der Waals surface area contributed by atoms with Crippen LogP contribution in [0.25, 0.3) is 0 Å². The molecule has 0 aliphatic carbocycles. The molecule has 2 amide bonds. The summed E-state index contributed by atoms with van der Waals surface area (Å²) >= 11 is 0. The monoisotopic (exact) mass is 443 g/mol. The first kappa shape index (κ1) is 23.0. The van der Waals surface area contributed by atoms with Crippen LogP contribution in [-0.2, 0) is 21.4 Å². The predicted octanol–water partition coefficient (Wildman–Crippen LogP) is 5.33. The maximum atomic E-state index is 13.3. The third kappa shape index (κ3) is 3.82. The Labute approximate surface area is 197 Å². The minimum atomic E-state index is -0.462. The number of aryl methyl sites for hydroxylation is 1. The average Bonchev–Trinajstić information content (AvgIpc) is 3.02. The van der Waals surface area contributed by atoms with Gasteiger partial charge in [0.05, 0.1) is 0 Å². The van der Waals surface area contributed by atoms with Gasteiger partial charge < -0.3 is 4.90 Å². The zero-order chi connectivity index (χ0) is 23.8. The molecule has 1 aromatic carbocycles. The van der Waals surface area contributed by atoms with Crippen LogP contribution in [0.15, 0.2) is 52.8 Å². The van der Waals surface area contributed by atoms with Crippen molar-refractivity contribution in [3.8, 4) is 6.07 Å². The lowest BCUT2D eigenvalue weighted by Gasteiger charge is -2.30. The summed E-state index contributed by atoms with van der Waals surface area (Å²) in [6.07, 6.45) is 9.92. The molecule has 1 aromatic rings. The Morgan fingerprint density at radius 1 is 1.12 bits per heavy atom. The van der Waals surface area contributed by atoms with Gasteiger partial charge in [-0.1, -0.05) is 58.2 Å². The highest BCUT2D eigenvalue weighted by atomic mass is 16.2. The minimum absolute atomic E-state index is 0.0731. The van der Waals surface area contributed by atoms with Crippen molar-refractivity contribution in [3.63, 3.8) is 0 Å². The van der Waals surface area contributed by atoms with Gasteiger partial charge in [-0.25, -0.2) is 0 Å². The van der Waals surface area contributed by atoms with E-state index in [1.54, 1.807) is 6.92 Å². The molecule has 0 unspecified atom stereocenters. The van der Waals surface area contributed by atoms with Crippen LogP contribution in [0.3, 0.4) is 0 Å². The van der Waals surface area contributed by atoms with Crippen molar-refractivity contribution in [1.82, 2.24) is 4.90 Å². The third-order valence-electron chi connectivity index (χ3n) is 7.29. The van der Waals surface area contributed by atoms with Crippen molar-refractivity contribution in [1.29, 1.82) is 5.26 Å². The molecule has 0 saturated carbocycles. The SMILES string of the molecule is CCCCCCN1C(=O)C(C#N)=C(C)/C(=C/C=C2/N3CCCc4cccc(c43)C2(C)C)C1=O. The van der Waals surface area contributed by atoms with Crippen LogP contribution in [0.2, 0.25) is 0 Å². The molecule has 3 heterocycles. The van der Waals surface area contributed by atoms with Crippen LogP contribution in [0.4, 0.5) is 5.69 Å². The van der Waals surface area contributed by atoms with E-state index in [0.29, 0.717) is 17.7 Å². The smallest absolute Gasteiger partial charge is 0.271 e. The fourth-order valence-corrected chi connectivity index (χ4v) is 5.39. The van der Waals surface area contributed by atoms with E-state index in [4.69, 9.17) is 0 Å². The second-order valence-electron chi connectivity index (χ2n) is 9.76. The van der Waals surface area contributed by atoms with E-state index >= 15 is 0 Å². The number of allylic oxidation sites excluding steroid dienone is 3. The zero-order valence-electron chi connectivity index (χ0n) is 20.2. The van der Waals surface area contributed by atoms with Gasteiger partial charge in [0, 0.05) is 35.5 Å². The van der Waals surface area contributed by atoms with Crippen LogP contribution in [0.5, 0.6) is 0 Å². The first-order chi connectivity index (χ1) is 15.8. The van der Waals surface area contributed by atoms with Gasteiger partial charge in [-0.2, -0.15) is 5.26 Å². The van der Waals surface area contributed by atoms with Crippen molar-refractivity contribution in [3.05, 3.63) is 63.9 Å². The lowest BCUT2D eigenvalue weighted by molar-refractivity contribution is -0.140. The molecule has 0 fully saturated rings. The number of amides is 2. The normalized spacial score (nSPS) is 21.8. The van der Waals surface area contributed by atoms with Crippen molar-refractivity contribution < 1.29 is 9.59 Å². The van der Waals surface area contributed by atoms with Gasteiger partial charge in [-0.3, -0.25) is 14.5 Å². The first-order valence-electron chi connectivity index (χ1n) is 12.1. The van der Waals surface area contributed by atoms with Gasteiger partial charge in [0.2, 0.25) is 0 Å². The van der Waals surface area contributed by atoms with Gasteiger partial charge in [0.15, 0.2) is 0 Å². The summed E-state index contributed by atoms with van der Waals surface area (Å²) < 4.78 is 0. The van der Waals surface area contributed by atoms with Crippen molar-refractivity contribution in [2.45, 2.75) is 71.6 Å². The lowest BCUT2D eigenvalue weighted by atomic mass is 9.83. The highest BCUT2D eigenvalue weighted by molar-refractivity contribution is 6.18. The number of unbranched alkanes of at least 4 members (excludes halogenated alkanes) is 3. The van der Waals surface area contributed by atoms with Crippen molar-refractivity contribution >= 4 is 17.5 Å². The molecule has 5 nitrogen and oxygen atoms in total. The summed E-state index contributed by atoms with van der Waals surface area (Å²) in [7, 11) is 0. The maximum Gasteiger partial charge on any atom is 0.271 e. The number of carbonyl (C=O) groups excluding carboxylic acids is 2. The van der Waals surface area contributed by atoms with Gasteiger partial charge >= 0.3 is 0 Å². The minimum Gasteiger partial charge on any atom is -0.344 e. The lowest BCUT2D eigenvalue weighted by Crippen LogP contribution is -2.43. The van der Waals surface area contributed by atoms with E-state index in [0.717, 1.165) is 50.8 Å². The van der Waals surface area contributed by atoms with Gasteiger partial charge in [0.1, 0.15) is 11.6 Å². The highest BCUT2D eigenvalue weighted by Crippen LogP contribution is 2.51. The third-order valence-corrected chi connectivity index (χ3v) is 7.29. The number of rotatable bonds is 6. The van der Waals surface area contributed by atoms with E-state index in [1.165, 1.54) is 21.7 Å². The molecule has 3 aliphatic rings. The number of imide groups is 1. The van der Waals surface area contributed by atoms with Crippen LogP contribution in [-0.4, -0.2) is 29.8 Å². The molecule has 4 rings (SSSR count). The van der Waals surface area contributed by atoms with Crippen molar-refractivity contribution in [2.24, 2.45) is 0 Å². The van der Waals surface area contributed by atoms with Crippen molar-refractivity contribution in [2.75, 3.05) is 18.0 Å². The summed E-state index contributed by atoms with van der Waals surface area (Å²) in [6.45, 7) is 9.59. The molecular weight excluding hydrogens is 410 g/mol. The number of nitrogens with zero attached hydrogens (tertiary/aromatic N) is 3. The van der Waals surface area contributed by atoms with E-state index in [-0.39, 0.29) is 16.9 Å². The van der Waals surface area contributed by atoms with E-state index in [9.17, 15) is 14.9 Å². The zero-order valence-corrected chi connectivity index (χ0v) is 20.2. The predicted molar refractivity (Wildman–Crippen MR) is 130 cm³/mol. The number of hydrogen-bond donors (Lipinski definition) is 0. The second-order valence-corrected chi connectivity index (χ2v) is 9.76. The fraction of sp³-hybridized carbons (Fsp3) is 0.464. The average molecular weight is 444 g/mol. The van der Waals surface area contributed by atoms with Crippen LogP contribution in [0.1, 0.15) is 70.9 Å². The summed E-state index contributed by atoms with van der Waals surface area (Å²) in [6, 6.07) is 8.59. The molecule has 33 heavy (non-hydrogen) atoms. The second kappa shape index (κ2) is 9.02. The Morgan fingerprint density at radius 3 is 2.64 bits per heavy atom. The number of benzene rings is 1. The number of nitriles is 1. The Balaban J connectivity index is 1.72. The van der Waals surface area contributed by atoms with Gasteiger partial charge in [0.25, 0.3) is 11.8 Å². The summed E-state index contributed by atoms with van der Waals surface area (Å²) in [4.78, 5) is 29.8. The Kier molecular flexibility index (Phi) is 6.30. The van der Waals surface area contributed by atoms with Crippen LogP contribution < -0.4 is 4.90 Å². The standard InChI is InChI=1S/C28H33N3O2/c1-5-6-7-8-16-31-26(32)21(19(2)22(18-29)27(31)33)14-15-24-28(3,4)23-13-9-11-20-12-10-17-30(24)25(20)23/h9,11,13-15H,5-8,10,12,16-17H2,1-4H3/b21-14-,24-15+. The Morgan fingerprint density at radius 2 is 1.91 bits per heavy atom. The molecule has 3 aliphatic heterocycles. The summed E-state index contributed by atoms with van der Waals surface area (Å²) in [5.74, 6) is -0.756. The fourth-order valence-electron chi connectivity index (χ4n) is 5.39. The van der Waals surface area contributed by atoms with Crippen LogP contribution >= 0.6 is 0 Å². The molecule has 0 aromatic heterocycles. The molecule has 0 bridgehead atoms. The molecule has 0 spiro atoms. The summed E-state index contributed by atoms with van der Waals surface area (Å²) in [5, 5.41) is 9.65. The number of anilines is 1. The summed E-state index contributed by atoms with van der Waals surface area (Å²) in [5.41, 5.74) is 5.97. The molecule has 0 atom stereocenters. The Bertz CT molecular complexity index is 1130. The van der Waals surface area contributed by atoms with E-state index < -0.39 is 5.91 Å². The van der Waals surface area contributed by atoms with Crippen LogP contribution in [0, 0.1) is 11.3 Å². The van der Waals surface area contributed by atoms with E-state index in [2.05, 4.69) is 43.9 Å². The molecule has 0 saturated heterocycles. The molecular formula is C28H33N3O2. The highest BCUT2D eigenvalue weighted by Gasteiger charge is 2.42. The number of hydrogen-bond acceptors (Lipinski definition) is 4. The van der Waals surface area contributed by atoms with Gasteiger partial charge in [-0.15, -0.1) is 0 Å².